The molecule has 3 aliphatic rings. The minimum atomic E-state index is -1.68. The number of esters is 1. The second-order valence-corrected chi connectivity index (χ2v) is 8.60. The molecule has 162 valence electrons. The molecule has 0 radical (unpaired) electrons. The van der Waals surface area contributed by atoms with Gasteiger partial charge in [0, 0.05) is 23.3 Å². The molecule has 0 amide bonds. The molecule has 0 aromatic rings. The number of aliphatic hydroxyl groups excluding tert-OH is 4. The first kappa shape index (κ1) is 22.1. The normalized spacial score (nSPS) is 40.4. The molecule has 2 fully saturated rings. The lowest BCUT2D eigenvalue weighted by Gasteiger charge is -2.43. The Hall–Kier alpha value is -1.58. The highest BCUT2D eigenvalue weighted by Crippen LogP contribution is 2.50. The van der Waals surface area contributed by atoms with E-state index in [9.17, 15) is 30.0 Å². The summed E-state index contributed by atoms with van der Waals surface area (Å²) in [6, 6.07) is 0. The number of fused-ring (bicyclic) bond motifs is 1. The van der Waals surface area contributed by atoms with E-state index in [-0.39, 0.29) is 17.8 Å². The van der Waals surface area contributed by atoms with Gasteiger partial charge in [0.1, 0.15) is 30.2 Å². The predicted octanol–water partition coefficient (Wildman–Crippen LogP) is 0.371. The summed E-state index contributed by atoms with van der Waals surface area (Å²) in [5.74, 6) is -1.16. The second-order valence-electron chi connectivity index (χ2n) is 8.60. The van der Waals surface area contributed by atoms with Crippen LogP contribution in [0.1, 0.15) is 46.0 Å². The quantitative estimate of drug-likeness (QED) is 0.297. The minimum absolute atomic E-state index is 0.0876. The van der Waals surface area contributed by atoms with Crippen molar-refractivity contribution in [3.63, 3.8) is 0 Å². The molecule has 8 nitrogen and oxygen atoms in total. The molecular formula is C21H30O8. The lowest BCUT2D eigenvalue weighted by molar-refractivity contribution is -0.291. The molecule has 29 heavy (non-hydrogen) atoms. The van der Waals surface area contributed by atoms with Crippen LogP contribution >= 0.6 is 0 Å². The van der Waals surface area contributed by atoms with Gasteiger partial charge in [0.05, 0.1) is 6.61 Å². The van der Waals surface area contributed by atoms with Crippen molar-refractivity contribution in [1.82, 2.24) is 0 Å². The minimum Gasteiger partial charge on any atom is -0.429 e. The van der Waals surface area contributed by atoms with Gasteiger partial charge in [0.2, 0.25) is 6.29 Å². The number of ether oxygens (including phenoxy) is 2. The molecular weight excluding hydrogens is 380 g/mol. The first-order valence-corrected chi connectivity index (χ1v) is 10.0. The molecule has 0 spiro atoms. The number of Topliss-reactive ketones (excluding diaryl/α,β-unsaturated/α-hetero) is 1. The van der Waals surface area contributed by atoms with Crippen LogP contribution in [0.15, 0.2) is 23.3 Å². The van der Waals surface area contributed by atoms with E-state index in [2.05, 4.69) is 6.58 Å². The Morgan fingerprint density at radius 1 is 1.24 bits per heavy atom. The number of aliphatic hydroxyl groups is 4. The SMILES string of the molecule is C=C(C(=O)OC1OC(CO)C(O)C(O)C1O)C1CC(=O)C2(C)CCCC(C)=C2C1. The largest absolute Gasteiger partial charge is 0.429 e. The third-order valence-corrected chi connectivity index (χ3v) is 6.73. The standard InChI is InChI=1S/C21H30O8/c1-10-5-4-6-21(3)13(10)7-12(8-15(21)23)11(2)19(27)29-20-18(26)17(25)16(24)14(9-22)28-20/h12,14,16-18,20,22,24-26H,2,4-9H2,1,3H3. The Balaban J connectivity index is 1.71. The molecule has 7 unspecified atom stereocenters. The first-order chi connectivity index (χ1) is 13.6. The van der Waals surface area contributed by atoms with Crippen molar-refractivity contribution in [2.24, 2.45) is 11.3 Å². The van der Waals surface area contributed by atoms with Crippen molar-refractivity contribution in [2.45, 2.75) is 76.7 Å². The monoisotopic (exact) mass is 410 g/mol. The third-order valence-electron chi connectivity index (χ3n) is 6.73. The number of allylic oxidation sites excluding steroid dienone is 2. The van der Waals surface area contributed by atoms with Crippen LogP contribution in [0.5, 0.6) is 0 Å². The van der Waals surface area contributed by atoms with Gasteiger partial charge in [0.25, 0.3) is 0 Å². The van der Waals surface area contributed by atoms with Crippen LogP contribution in [0.25, 0.3) is 0 Å². The average Bonchev–Trinajstić information content (AvgIpc) is 2.69. The fourth-order valence-corrected chi connectivity index (χ4v) is 4.71. The van der Waals surface area contributed by atoms with Crippen LogP contribution in [-0.4, -0.2) is 69.5 Å². The van der Waals surface area contributed by atoms with Gasteiger partial charge in [-0.15, -0.1) is 0 Å². The van der Waals surface area contributed by atoms with Gasteiger partial charge >= 0.3 is 5.97 Å². The first-order valence-electron chi connectivity index (χ1n) is 10.0. The fourth-order valence-electron chi connectivity index (χ4n) is 4.71. The molecule has 8 heteroatoms. The Bertz CT molecular complexity index is 726. The molecule has 1 aliphatic heterocycles. The maximum absolute atomic E-state index is 12.9. The van der Waals surface area contributed by atoms with Crippen molar-refractivity contribution in [1.29, 1.82) is 0 Å². The van der Waals surface area contributed by atoms with Crippen molar-refractivity contribution in [2.75, 3.05) is 6.61 Å². The average molecular weight is 410 g/mol. The van der Waals surface area contributed by atoms with E-state index in [0.29, 0.717) is 6.42 Å². The van der Waals surface area contributed by atoms with E-state index in [1.165, 1.54) is 5.57 Å². The topological polar surface area (TPSA) is 134 Å². The summed E-state index contributed by atoms with van der Waals surface area (Å²) >= 11 is 0. The number of carbonyl (C=O) groups is 2. The van der Waals surface area contributed by atoms with Crippen molar-refractivity contribution < 1.29 is 39.5 Å². The molecule has 0 bridgehead atoms. The summed E-state index contributed by atoms with van der Waals surface area (Å²) in [6.07, 6.45) is -4.12. The van der Waals surface area contributed by atoms with E-state index in [1.807, 2.05) is 13.8 Å². The van der Waals surface area contributed by atoms with E-state index < -0.39 is 54.6 Å². The van der Waals surface area contributed by atoms with E-state index >= 15 is 0 Å². The van der Waals surface area contributed by atoms with Crippen LogP contribution in [0.4, 0.5) is 0 Å². The number of hydrogen-bond donors (Lipinski definition) is 4. The summed E-state index contributed by atoms with van der Waals surface area (Å²) in [5.41, 5.74) is 1.89. The van der Waals surface area contributed by atoms with Gasteiger partial charge in [-0.05, 0) is 39.5 Å². The van der Waals surface area contributed by atoms with Gasteiger partial charge < -0.3 is 29.9 Å². The fraction of sp³-hybridized carbons (Fsp3) is 0.714. The van der Waals surface area contributed by atoms with Crippen molar-refractivity contribution in [3.05, 3.63) is 23.3 Å². The lowest BCUT2D eigenvalue weighted by atomic mass is 9.60. The third kappa shape index (κ3) is 3.92. The second kappa shape index (κ2) is 8.28. The van der Waals surface area contributed by atoms with Gasteiger partial charge in [-0.2, -0.15) is 0 Å². The zero-order valence-corrected chi connectivity index (χ0v) is 16.8. The molecule has 1 saturated heterocycles. The molecule has 2 aliphatic carbocycles. The van der Waals surface area contributed by atoms with E-state index in [1.54, 1.807) is 0 Å². The smallest absolute Gasteiger partial charge is 0.336 e. The van der Waals surface area contributed by atoms with Gasteiger partial charge in [-0.25, -0.2) is 4.79 Å². The highest BCUT2D eigenvalue weighted by molar-refractivity contribution is 5.94. The Morgan fingerprint density at radius 3 is 2.59 bits per heavy atom. The number of ketones is 1. The Kier molecular flexibility index (Phi) is 6.31. The number of rotatable bonds is 4. The van der Waals surface area contributed by atoms with Crippen LogP contribution in [0.3, 0.4) is 0 Å². The zero-order chi connectivity index (χ0) is 21.5. The molecule has 4 N–H and O–H groups in total. The molecule has 1 heterocycles. The van der Waals surface area contributed by atoms with Crippen molar-refractivity contribution in [3.8, 4) is 0 Å². The summed E-state index contributed by atoms with van der Waals surface area (Å²) < 4.78 is 10.4. The van der Waals surface area contributed by atoms with Gasteiger partial charge in [0.15, 0.2) is 0 Å². The maximum atomic E-state index is 12.9. The summed E-state index contributed by atoms with van der Waals surface area (Å²) in [5, 5.41) is 38.9. The van der Waals surface area contributed by atoms with Crippen molar-refractivity contribution >= 4 is 11.8 Å². The summed E-state index contributed by atoms with van der Waals surface area (Å²) in [7, 11) is 0. The number of hydrogen-bond acceptors (Lipinski definition) is 8. The molecule has 1 saturated carbocycles. The van der Waals surface area contributed by atoms with E-state index in [0.717, 1.165) is 24.8 Å². The van der Waals surface area contributed by atoms with Crippen LogP contribution in [0.2, 0.25) is 0 Å². The molecule has 0 aromatic carbocycles. The predicted molar refractivity (Wildman–Crippen MR) is 101 cm³/mol. The molecule has 7 atom stereocenters. The van der Waals surface area contributed by atoms with Gasteiger partial charge in [-0.1, -0.05) is 17.7 Å². The van der Waals surface area contributed by atoms with E-state index in [4.69, 9.17) is 9.47 Å². The Labute approximate surface area is 169 Å². The van der Waals surface area contributed by atoms with Gasteiger partial charge in [-0.3, -0.25) is 4.79 Å². The van der Waals surface area contributed by atoms with Crippen LogP contribution in [-0.2, 0) is 19.1 Å². The Morgan fingerprint density at radius 2 is 1.93 bits per heavy atom. The molecule has 3 rings (SSSR count). The molecule has 0 aromatic heterocycles. The van der Waals surface area contributed by atoms with Crippen LogP contribution < -0.4 is 0 Å². The zero-order valence-electron chi connectivity index (χ0n) is 16.8. The highest BCUT2D eigenvalue weighted by atomic mass is 16.7. The highest BCUT2D eigenvalue weighted by Gasteiger charge is 2.48. The summed E-state index contributed by atoms with van der Waals surface area (Å²) in [6.45, 7) is 7.19. The maximum Gasteiger partial charge on any atom is 0.336 e. The lowest BCUT2D eigenvalue weighted by Crippen LogP contribution is -2.59. The summed E-state index contributed by atoms with van der Waals surface area (Å²) in [4.78, 5) is 25.5. The number of carbonyl (C=O) groups excluding carboxylic acids is 2. The van der Waals surface area contributed by atoms with Crippen LogP contribution in [0, 0.1) is 11.3 Å².